The van der Waals surface area contributed by atoms with Crippen LogP contribution in [0.5, 0.6) is 5.75 Å². The number of benzene rings is 2. The van der Waals surface area contributed by atoms with Crippen LogP contribution in [0.25, 0.3) is 0 Å². The summed E-state index contributed by atoms with van der Waals surface area (Å²) in [5.41, 5.74) is 2.58. The lowest BCUT2D eigenvalue weighted by Gasteiger charge is -2.13. The Balaban J connectivity index is 1.93. The highest BCUT2D eigenvalue weighted by Gasteiger charge is 2.08. The number of carbonyl (C=O) groups is 1. The van der Waals surface area contributed by atoms with E-state index in [2.05, 4.69) is 15.6 Å². The Morgan fingerprint density at radius 1 is 1.10 bits per heavy atom. The maximum Gasteiger partial charge on any atom is 0.272 e. The maximum absolute atomic E-state index is 12.3. The number of amides is 1. The molecule has 0 unspecified atom stereocenters. The van der Waals surface area contributed by atoms with Crippen LogP contribution in [0, 0.1) is 0 Å². The van der Waals surface area contributed by atoms with Crippen molar-refractivity contribution in [3.05, 3.63) is 65.2 Å². The summed E-state index contributed by atoms with van der Waals surface area (Å²) in [5.74, 6) is 1.03. The van der Waals surface area contributed by atoms with Gasteiger partial charge >= 0.3 is 0 Å². The van der Waals surface area contributed by atoms with E-state index in [0.29, 0.717) is 36.9 Å². The maximum atomic E-state index is 12.3. The van der Waals surface area contributed by atoms with Gasteiger partial charge in [0.05, 0.1) is 6.54 Å². The van der Waals surface area contributed by atoms with E-state index in [1.807, 2.05) is 37.3 Å². The zero-order valence-electron chi connectivity index (χ0n) is 18.2. The van der Waals surface area contributed by atoms with Gasteiger partial charge in [-0.05, 0) is 48.7 Å². The van der Waals surface area contributed by atoms with Crippen LogP contribution in [0.1, 0.15) is 28.4 Å². The Morgan fingerprint density at radius 2 is 1.84 bits per heavy atom. The van der Waals surface area contributed by atoms with Gasteiger partial charge in [0, 0.05) is 32.7 Å². The van der Waals surface area contributed by atoms with Crippen LogP contribution in [-0.2, 0) is 13.0 Å². The molecular weight excluding hydrogens is 402 g/mol. The van der Waals surface area contributed by atoms with Gasteiger partial charge in [-0.1, -0.05) is 24.3 Å². The molecule has 2 aromatic carbocycles. The number of rotatable bonds is 10. The molecule has 0 heterocycles. The molecule has 168 valence electrons. The molecule has 0 aliphatic heterocycles. The van der Waals surface area contributed by atoms with Gasteiger partial charge < -0.3 is 20.3 Å². The van der Waals surface area contributed by atoms with Gasteiger partial charge in [-0.3, -0.25) is 4.79 Å². The number of carbonyl (C=O) groups excluding carboxylic acids is 1. The molecule has 0 aliphatic carbocycles. The normalized spacial score (nSPS) is 11.4. The van der Waals surface area contributed by atoms with Crippen LogP contribution in [0.2, 0.25) is 0 Å². The van der Waals surface area contributed by atoms with Crippen molar-refractivity contribution in [1.82, 2.24) is 15.5 Å². The summed E-state index contributed by atoms with van der Waals surface area (Å²) in [6.45, 7) is 3.08. The van der Waals surface area contributed by atoms with E-state index in [9.17, 15) is 13.6 Å². The van der Waals surface area contributed by atoms with E-state index in [1.54, 1.807) is 37.2 Å². The van der Waals surface area contributed by atoms with Gasteiger partial charge in [-0.15, -0.1) is 0 Å². The van der Waals surface area contributed by atoms with Gasteiger partial charge in [-0.2, -0.15) is 0 Å². The van der Waals surface area contributed by atoms with Crippen LogP contribution in [0.15, 0.2) is 53.5 Å². The quantitative estimate of drug-likeness (QED) is 0.447. The van der Waals surface area contributed by atoms with Gasteiger partial charge in [0.15, 0.2) is 5.96 Å². The van der Waals surface area contributed by atoms with E-state index in [0.717, 1.165) is 17.5 Å². The first-order valence-corrected chi connectivity index (χ1v) is 10.2. The first-order chi connectivity index (χ1) is 14.9. The highest BCUT2D eigenvalue weighted by molar-refractivity contribution is 5.94. The van der Waals surface area contributed by atoms with Crippen molar-refractivity contribution >= 4 is 11.9 Å². The largest absolute Gasteiger partial charge is 0.488 e. The monoisotopic (exact) mass is 432 g/mol. The molecule has 0 radical (unpaired) electrons. The second-order valence-corrected chi connectivity index (χ2v) is 7.12. The number of alkyl halides is 2. The van der Waals surface area contributed by atoms with Crippen molar-refractivity contribution in [2.75, 3.05) is 33.8 Å². The lowest BCUT2D eigenvalue weighted by molar-refractivity contribution is 0.0817. The third-order valence-corrected chi connectivity index (χ3v) is 4.32. The van der Waals surface area contributed by atoms with Gasteiger partial charge in [0.2, 0.25) is 0 Å². The number of hydrogen-bond donors (Lipinski definition) is 2. The number of nitrogens with zero attached hydrogens (tertiary/aromatic N) is 2. The molecule has 0 aliphatic rings. The summed E-state index contributed by atoms with van der Waals surface area (Å²) in [7, 11) is 3.46. The molecule has 8 heteroatoms. The average molecular weight is 433 g/mol. The Hall–Kier alpha value is -3.16. The Kier molecular flexibility index (Phi) is 9.74. The molecule has 31 heavy (non-hydrogen) atoms. The highest BCUT2D eigenvalue weighted by atomic mass is 19.3. The standard InChI is InChI=1S/C23H30F2N4O2/c1-4-26-23(28-15-18-8-6-10-20(14-18)31-16-21(24)25)27-12-11-17-7-5-9-19(13-17)22(30)29(2)3/h5-10,13-14,21H,4,11-12,15-16H2,1-3H3,(H2,26,27,28). The van der Waals surface area contributed by atoms with E-state index >= 15 is 0 Å². The zero-order valence-corrected chi connectivity index (χ0v) is 18.2. The SMILES string of the molecule is CCNC(=NCc1cccc(OCC(F)F)c1)NCCc1cccc(C(=O)N(C)C)c1. The van der Waals surface area contributed by atoms with E-state index in [4.69, 9.17) is 4.74 Å². The van der Waals surface area contributed by atoms with Gasteiger partial charge in [0.25, 0.3) is 12.3 Å². The molecule has 6 nitrogen and oxygen atoms in total. The van der Waals surface area contributed by atoms with Crippen LogP contribution < -0.4 is 15.4 Å². The molecule has 2 N–H and O–H groups in total. The molecular formula is C23H30F2N4O2. The predicted octanol–water partition coefficient (Wildman–Crippen LogP) is 3.33. The minimum atomic E-state index is -2.51. The number of nitrogens with one attached hydrogen (secondary N) is 2. The molecule has 0 saturated heterocycles. The van der Waals surface area contributed by atoms with Crippen molar-refractivity contribution in [3.8, 4) is 5.75 Å². The summed E-state index contributed by atoms with van der Waals surface area (Å²) in [6.07, 6.45) is -1.77. The van der Waals surface area contributed by atoms with E-state index < -0.39 is 13.0 Å². The van der Waals surface area contributed by atoms with Crippen molar-refractivity contribution in [3.63, 3.8) is 0 Å². The van der Waals surface area contributed by atoms with Crippen molar-refractivity contribution < 1.29 is 18.3 Å². The van der Waals surface area contributed by atoms with Crippen LogP contribution in [0.3, 0.4) is 0 Å². The molecule has 1 amide bonds. The Labute approximate surface area is 182 Å². The van der Waals surface area contributed by atoms with Crippen LogP contribution >= 0.6 is 0 Å². The molecule has 2 rings (SSSR count). The second kappa shape index (κ2) is 12.5. The summed E-state index contributed by atoms with van der Waals surface area (Å²) in [5, 5.41) is 6.46. The first-order valence-electron chi connectivity index (χ1n) is 10.2. The third-order valence-electron chi connectivity index (χ3n) is 4.32. The molecule has 0 fully saturated rings. The number of ether oxygens (including phenoxy) is 1. The summed E-state index contributed by atoms with van der Waals surface area (Å²) in [6, 6.07) is 14.6. The molecule has 0 aromatic heterocycles. The Morgan fingerprint density at radius 3 is 2.55 bits per heavy atom. The van der Waals surface area contributed by atoms with E-state index in [1.165, 1.54) is 0 Å². The summed E-state index contributed by atoms with van der Waals surface area (Å²) in [4.78, 5) is 18.2. The smallest absolute Gasteiger partial charge is 0.272 e. The van der Waals surface area contributed by atoms with Crippen LogP contribution in [0.4, 0.5) is 8.78 Å². The number of guanidine groups is 1. The van der Waals surface area contributed by atoms with Crippen molar-refractivity contribution in [1.29, 1.82) is 0 Å². The first kappa shape index (κ1) is 24.1. The molecule has 0 spiro atoms. The minimum Gasteiger partial charge on any atom is -0.488 e. The van der Waals surface area contributed by atoms with Gasteiger partial charge in [-0.25, -0.2) is 13.8 Å². The molecule has 2 aromatic rings. The van der Waals surface area contributed by atoms with Gasteiger partial charge in [0.1, 0.15) is 12.4 Å². The summed E-state index contributed by atoms with van der Waals surface area (Å²) < 4.78 is 29.7. The third kappa shape index (κ3) is 8.62. The number of aliphatic imine (C=N–C) groups is 1. The minimum absolute atomic E-state index is 0.0236. The lowest BCUT2D eigenvalue weighted by atomic mass is 10.1. The molecule has 0 bridgehead atoms. The highest BCUT2D eigenvalue weighted by Crippen LogP contribution is 2.15. The number of halogens is 2. The van der Waals surface area contributed by atoms with Crippen molar-refractivity contribution in [2.45, 2.75) is 26.3 Å². The zero-order chi connectivity index (χ0) is 22.6. The van der Waals surface area contributed by atoms with E-state index in [-0.39, 0.29) is 5.91 Å². The van der Waals surface area contributed by atoms with Crippen molar-refractivity contribution in [2.24, 2.45) is 4.99 Å². The predicted molar refractivity (Wildman–Crippen MR) is 119 cm³/mol. The topological polar surface area (TPSA) is 66.0 Å². The lowest BCUT2D eigenvalue weighted by Crippen LogP contribution is -2.38. The fourth-order valence-corrected chi connectivity index (χ4v) is 2.85. The average Bonchev–Trinajstić information content (AvgIpc) is 2.76. The summed E-state index contributed by atoms with van der Waals surface area (Å²) >= 11 is 0. The molecule has 0 saturated carbocycles. The second-order valence-electron chi connectivity index (χ2n) is 7.12. The van der Waals surface area contributed by atoms with Crippen LogP contribution in [-0.4, -0.2) is 57.0 Å². The fraction of sp³-hybridized carbons (Fsp3) is 0.391. The molecule has 0 atom stereocenters. The Bertz CT molecular complexity index is 872. The fourth-order valence-electron chi connectivity index (χ4n) is 2.85. The number of hydrogen-bond acceptors (Lipinski definition) is 3.